The van der Waals surface area contributed by atoms with Crippen LogP contribution < -0.4 is 15.4 Å². The van der Waals surface area contributed by atoms with Crippen molar-refractivity contribution in [3.05, 3.63) is 22.7 Å². The molecule has 1 aromatic carbocycles. The fourth-order valence-electron chi connectivity index (χ4n) is 1.50. The van der Waals surface area contributed by atoms with Crippen molar-refractivity contribution in [3.63, 3.8) is 0 Å². The second-order valence-corrected chi connectivity index (χ2v) is 4.95. The van der Waals surface area contributed by atoms with Gasteiger partial charge in [0.15, 0.2) is 0 Å². The molecular formula is C13H15BrN2O5. The van der Waals surface area contributed by atoms with Crippen LogP contribution in [0.3, 0.4) is 0 Å². The van der Waals surface area contributed by atoms with Crippen LogP contribution in [-0.4, -0.2) is 30.1 Å². The van der Waals surface area contributed by atoms with Gasteiger partial charge in [-0.25, -0.2) is 4.79 Å². The molecule has 0 unspecified atom stereocenters. The van der Waals surface area contributed by atoms with E-state index in [1.165, 1.54) is 7.11 Å². The van der Waals surface area contributed by atoms with E-state index in [-0.39, 0.29) is 19.3 Å². The zero-order valence-electron chi connectivity index (χ0n) is 11.3. The first-order valence-electron chi connectivity index (χ1n) is 6.08. The Morgan fingerprint density at radius 3 is 2.57 bits per heavy atom. The van der Waals surface area contributed by atoms with Gasteiger partial charge in [0.05, 0.1) is 11.6 Å². The van der Waals surface area contributed by atoms with E-state index in [9.17, 15) is 14.4 Å². The second-order valence-electron chi connectivity index (χ2n) is 4.10. The molecule has 0 atom stereocenters. The predicted octanol–water partition coefficient (Wildman–Crippen LogP) is 2.36. The lowest BCUT2D eigenvalue weighted by Crippen LogP contribution is -2.34. The van der Waals surface area contributed by atoms with Gasteiger partial charge in [-0.1, -0.05) is 0 Å². The Morgan fingerprint density at radius 1 is 1.29 bits per heavy atom. The Kier molecular flexibility index (Phi) is 6.67. The summed E-state index contributed by atoms with van der Waals surface area (Å²) in [6, 6.07) is 4.24. The molecule has 3 N–H and O–H groups in total. The number of amides is 3. The van der Waals surface area contributed by atoms with E-state index < -0.39 is 17.9 Å². The highest BCUT2D eigenvalue weighted by Crippen LogP contribution is 2.27. The molecule has 21 heavy (non-hydrogen) atoms. The van der Waals surface area contributed by atoms with Gasteiger partial charge >= 0.3 is 12.0 Å². The van der Waals surface area contributed by atoms with E-state index >= 15 is 0 Å². The first kappa shape index (κ1) is 17.0. The minimum absolute atomic E-state index is 0.0218. The number of hydrogen-bond donors (Lipinski definition) is 3. The number of ether oxygens (including phenoxy) is 1. The molecule has 7 nitrogen and oxygen atoms in total. The quantitative estimate of drug-likeness (QED) is 0.723. The van der Waals surface area contributed by atoms with Crippen LogP contribution in [-0.2, 0) is 9.59 Å². The summed E-state index contributed by atoms with van der Waals surface area (Å²) in [5.74, 6) is -0.887. The third kappa shape index (κ3) is 6.26. The highest BCUT2D eigenvalue weighted by atomic mass is 79.9. The first-order valence-corrected chi connectivity index (χ1v) is 6.88. The zero-order valence-corrected chi connectivity index (χ0v) is 12.9. The minimum Gasteiger partial charge on any atom is -0.496 e. The van der Waals surface area contributed by atoms with Gasteiger partial charge < -0.3 is 15.2 Å². The van der Waals surface area contributed by atoms with Gasteiger partial charge in [-0.2, -0.15) is 0 Å². The highest BCUT2D eigenvalue weighted by molar-refractivity contribution is 9.10. The maximum absolute atomic E-state index is 11.6. The number of halogens is 1. The first-order chi connectivity index (χ1) is 9.92. The van der Waals surface area contributed by atoms with Crippen molar-refractivity contribution in [1.82, 2.24) is 5.32 Å². The Hall–Kier alpha value is -2.09. The molecule has 114 valence electrons. The molecule has 0 saturated carbocycles. The van der Waals surface area contributed by atoms with Gasteiger partial charge in [-0.05, 0) is 40.5 Å². The lowest BCUT2D eigenvalue weighted by molar-refractivity contribution is -0.137. The largest absolute Gasteiger partial charge is 0.496 e. The molecule has 0 aliphatic rings. The fraction of sp³-hybridized carbons (Fsp3) is 0.308. The summed E-state index contributed by atoms with van der Waals surface area (Å²) in [7, 11) is 1.52. The van der Waals surface area contributed by atoms with Crippen LogP contribution >= 0.6 is 15.9 Å². The molecule has 0 saturated heterocycles. The maximum Gasteiger partial charge on any atom is 0.325 e. The number of carboxylic acid groups (broad SMARTS) is 1. The topological polar surface area (TPSA) is 105 Å². The molecule has 0 aliphatic heterocycles. The van der Waals surface area contributed by atoms with Crippen molar-refractivity contribution in [2.24, 2.45) is 0 Å². The zero-order chi connectivity index (χ0) is 15.8. The Labute approximate surface area is 129 Å². The van der Waals surface area contributed by atoms with Gasteiger partial charge in [-0.15, -0.1) is 0 Å². The van der Waals surface area contributed by atoms with E-state index in [2.05, 4.69) is 26.6 Å². The van der Waals surface area contributed by atoms with E-state index in [1.54, 1.807) is 18.2 Å². The van der Waals surface area contributed by atoms with Crippen LogP contribution in [0.2, 0.25) is 0 Å². The van der Waals surface area contributed by atoms with Crippen LogP contribution in [0.25, 0.3) is 0 Å². The Bertz CT molecular complexity index is 547. The lowest BCUT2D eigenvalue weighted by Gasteiger charge is -2.08. The Morgan fingerprint density at radius 2 is 2.00 bits per heavy atom. The number of nitrogens with one attached hydrogen (secondary N) is 2. The van der Waals surface area contributed by atoms with Crippen LogP contribution in [0.1, 0.15) is 19.3 Å². The fourth-order valence-corrected chi connectivity index (χ4v) is 2.04. The number of rotatable bonds is 6. The molecule has 0 aromatic heterocycles. The molecule has 0 heterocycles. The summed E-state index contributed by atoms with van der Waals surface area (Å²) < 4.78 is 5.72. The van der Waals surface area contributed by atoms with Gasteiger partial charge in [-0.3, -0.25) is 14.9 Å². The van der Waals surface area contributed by atoms with E-state index in [0.717, 1.165) is 0 Å². The number of hydrogen-bond acceptors (Lipinski definition) is 4. The van der Waals surface area contributed by atoms with Crippen LogP contribution in [0.5, 0.6) is 5.75 Å². The van der Waals surface area contributed by atoms with Gasteiger partial charge in [0, 0.05) is 18.5 Å². The predicted molar refractivity (Wildman–Crippen MR) is 79.3 cm³/mol. The number of aliphatic carboxylic acids is 1. The summed E-state index contributed by atoms with van der Waals surface area (Å²) >= 11 is 3.28. The second kappa shape index (κ2) is 8.25. The molecule has 0 spiro atoms. The summed E-state index contributed by atoms with van der Waals surface area (Å²) in [4.78, 5) is 33.3. The molecule has 0 aliphatic carbocycles. The van der Waals surface area contributed by atoms with Crippen LogP contribution in [0.15, 0.2) is 22.7 Å². The molecule has 0 radical (unpaired) electrons. The number of urea groups is 1. The standard InChI is InChI=1S/C13H15BrN2O5/c1-21-10-6-5-8(7-9(10)14)15-13(20)16-11(17)3-2-4-12(18)19/h5-7H,2-4H2,1H3,(H,18,19)(H2,15,16,17,20). The number of anilines is 1. The van der Waals surface area contributed by atoms with E-state index in [1.807, 2.05) is 0 Å². The number of imide groups is 1. The minimum atomic E-state index is -0.977. The Balaban J connectivity index is 2.44. The van der Waals surface area contributed by atoms with Gasteiger partial charge in [0.1, 0.15) is 5.75 Å². The lowest BCUT2D eigenvalue weighted by atomic mass is 10.2. The summed E-state index contributed by atoms with van der Waals surface area (Å²) in [5.41, 5.74) is 0.485. The van der Waals surface area contributed by atoms with Crippen molar-refractivity contribution in [2.75, 3.05) is 12.4 Å². The smallest absolute Gasteiger partial charge is 0.325 e. The number of benzene rings is 1. The third-order valence-corrected chi connectivity index (χ3v) is 3.08. The third-order valence-electron chi connectivity index (χ3n) is 2.46. The van der Waals surface area contributed by atoms with Crippen molar-refractivity contribution in [2.45, 2.75) is 19.3 Å². The van der Waals surface area contributed by atoms with Gasteiger partial charge in [0.25, 0.3) is 0 Å². The molecule has 1 rings (SSSR count). The van der Waals surface area contributed by atoms with Crippen molar-refractivity contribution >= 4 is 39.5 Å². The van der Waals surface area contributed by atoms with Crippen LogP contribution in [0.4, 0.5) is 10.5 Å². The summed E-state index contributed by atoms with van der Waals surface area (Å²) in [6.07, 6.45) is 0.0506. The average molecular weight is 359 g/mol. The molecule has 3 amide bonds. The SMILES string of the molecule is COc1ccc(NC(=O)NC(=O)CCCC(=O)O)cc1Br. The number of carbonyl (C=O) groups excluding carboxylic acids is 2. The number of carboxylic acids is 1. The van der Waals surface area contributed by atoms with E-state index in [4.69, 9.17) is 9.84 Å². The average Bonchev–Trinajstić information content (AvgIpc) is 2.38. The van der Waals surface area contributed by atoms with Gasteiger partial charge in [0.2, 0.25) is 5.91 Å². The maximum atomic E-state index is 11.6. The van der Waals surface area contributed by atoms with Crippen molar-refractivity contribution < 1.29 is 24.2 Å². The van der Waals surface area contributed by atoms with Crippen molar-refractivity contribution in [1.29, 1.82) is 0 Å². The normalized spacial score (nSPS) is 9.81. The highest BCUT2D eigenvalue weighted by Gasteiger charge is 2.09. The number of carbonyl (C=O) groups is 3. The molecule has 8 heteroatoms. The molecule has 1 aromatic rings. The monoisotopic (exact) mass is 358 g/mol. The summed E-state index contributed by atoms with van der Waals surface area (Å²) in [6.45, 7) is 0. The van der Waals surface area contributed by atoms with E-state index in [0.29, 0.717) is 15.9 Å². The van der Waals surface area contributed by atoms with Crippen molar-refractivity contribution in [3.8, 4) is 5.75 Å². The number of methoxy groups -OCH3 is 1. The molecule has 0 fully saturated rings. The van der Waals surface area contributed by atoms with Crippen LogP contribution in [0, 0.1) is 0 Å². The molecule has 0 bridgehead atoms. The summed E-state index contributed by atoms with van der Waals surface area (Å²) in [5, 5.41) is 13.1. The molecular weight excluding hydrogens is 344 g/mol.